The van der Waals surface area contributed by atoms with E-state index in [0.717, 1.165) is 10.0 Å². The van der Waals surface area contributed by atoms with E-state index in [1.165, 1.54) is 6.20 Å². The number of pyridine rings is 1. The van der Waals surface area contributed by atoms with E-state index in [2.05, 4.69) is 26.2 Å². The maximum atomic E-state index is 12.0. The Balaban J connectivity index is 2.21. The summed E-state index contributed by atoms with van der Waals surface area (Å²) in [6, 6.07) is 6.97. The summed E-state index contributed by atoms with van der Waals surface area (Å²) in [7, 11) is 0. The van der Waals surface area contributed by atoms with Gasteiger partial charge in [0.25, 0.3) is 5.91 Å². The Morgan fingerprint density at radius 2 is 2.11 bits per heavy atom. The number of benzene rings is 1. The van der Waals surface area contributed by atoms with Crippen molar-refractivity contribution in [2.24, 2.45) is 0 Å². The first-order valence-electron chi connectivity index (χ1n) is 5.24. The lowest BCUT2D eigenvalue weighted by Gasteiger charge is -2.07. The minimum Gasteiger partial charge on any atom is -0.321 e. The van der Waals surface area contributed by atoms with Crippen molar-refractivity contribution < 1.29 is 4.79 Å². The molecule has 1 amide bonds. The second-order valence-corrected chi connectivity index (χ2v) is 5.12. The number of halogens is 2. The molecule has 92 valence electrons. The van der Waals surface area contributed by atoms with Crippen LogP contribution in [0.15, 0.2) is 41.1 Å². The van der Waals surface area contributed by atoms with E-state index in [4.69, 9.17) is 11.6 Å². The highest BCUT2D eigenvalue weighted by atomic mass is 79.9. The Morgan fingerprint density at radius 1 is 1.33 bits per heavy atom. The van der Waals surface area contributed by atoms with Gasteiger partial charge in [-0.1, -0.05) is 11.6 Å². The van der Waals surface area contributed by atoms with Crippen LogP contribution in [0.25, 0.3) is 0 Å². The van der Waals surface area contributed by atoms with Crippen molar-refractivity contribution in [2.75, 3.05) is 5.32 Å². The summed E-state index contributed by atoms with van der Waals surface area (Å²) in [5.74, 6) is -0.200. The molecule has 3 nitrogen and oxygen atoms in total. The quantitative estimate of drug-likeness (QED) is 0.905. The minimum absolute atomic E-state index is 0.200. The van der Waals surface area contributed by atoms with Crippen LogP contribution in [0.4, 0.5) is 5.69 Å². The fraction of sp³-hybridized carbons (Fsp3) is 0.0769. The summed E-state index contributed by atoms with van der Waals surface area (Å²) >= 11 is 9.19. The molecule has 0 aliphatic rings. The lowest BCUT2D eigenvalue weighted by atomic mass is 10.2. The highest BCUT2D eigenvalue weighted by molar-refractivity contribution is 9.10. The molecule has 0 saturated carbocycles. The van der Waals surface area contributed by atoms with Crippen molar-refractivity contribution >= 4 is 39.1 Å². The second-order valence-electron chi connectivity index (χ2n) is 3.83. The number of aromatic nitrogens is 1. The van der Waals surface area contributed by atoms with E-state index in [1.54, 1.807) is 30.5 Å². The molecule has 0 saturated heterocycles. The topological polar surface area (TPSA) is 42.0 Å². The lowest BCUT2D eigenvalue weighted by molar-refractivity contribution is 0.102. The van der Waals surface area contributed by atoms with Gasteiger partial charge in [-0.15, -0.1) is 0 Å². The molecule has 0 unspecified atom stereocenters. The molecule has 1 N–H and O–H groups in total. The first-order valence-corrected chi connectivity index (χ1v) is 6.41. The van der Waals surface area contributed by atoms with Crippen LogP contribution >= 0.6 is 27.5 Å². The van der Waals surface area contributed by atoms with Gasteiger partial charge in [-0.2, -0.15) is 0 Å². The molecule has 0 aliphatic carbocycles. The number of nitrogens with one attached hydrogen (secondary N) is 1. The summed E-state index contributed by atoms with van der Waals surface area (Å²) in [5, 5.41) is 3.40. The van der Waals surface area contributed by atoms with Crippen molar-refractivity contribution in [1.29, 1.82) is 0 Å². The first-order chi connectivity index (χ1) is 8.56. The number of anilines is 1. The van der Waals surface area contributed by atoms with Crippen LogP contribution in [-0.2, 0) is 0 Å². The normalized spacial score (nSPS) is 10.2. The molecule has 5 heteroatoms. The molecule has 0 atom stereocenters. The van der Waals surface area contributed by atoms with Crippen LogP contribution in [0.1, 0.15) is 15.9 Å². The highest BCUT2D eigenvalue weighted by Gasteiger charge is 2.09. The van der Waals surface area contributed by atoms with Gasteiger partial charge in [0.2, 0.25) is 0 Å². The maximum Gasteiger partial charge on any atom is 0.257 e. The standard InChI is InChI=1S/C13H10BrClN2O/c1-8-4-9(7-16-6-8)13(18)17-12-3-2-10(15)5-11(12)14/h2-7H,1H3,(H,17,18). The molecule has 2 rings (SSSR count). The maximum absolute atomic E-state index is 12.0. The van der Waals surface area contributed by atoms with Gasteiger partial charge in [0, 0.05) is 21.9 Å². The average molecular weight is 326 g/mol. The Hall–Kier alpha value is -1.39. The van der Waals surface area contributed by atoms with Crippen LogP contribution in [0, 0.1) is 6.92 Å². The largest absolute Gasteiger partial charge is 0.321 e. The lowest BCUT2D eigenvalue weighted by Crippen LogP contribution is -2.12. The summed E-state index contributed by atoms with van der Waals surface area (Å²) in [6.07, 6.45) is 3.24. The summed E-state index contributed by atoms with van der Waals surface area (Å²) < 4.78 is 0.740. The summed E-state index contributed by atoms with van der Waals surface area (Å²) in [5.41, 5.74) is 2.14. The van der Waals surface area contributed by atoms with Crippen molar-refractivity contribution in [3.05, 3.63) is 57.3 Å². The van der Waals surface area contributed by atoms with Gasteiger partial charge in [0.1, 0.15) is 0 Å². The predicted octanol–water partition coefficient (Wildman–Crippen LogP) is 4.06. The number of nitrogens with zero attached hydrogens (tertiary/aromatic N) is 1. The van der Waals surface area contributed by atoms with Crippen molar-refractivity contribution in [3.63, 3.8) is 0 Å². The monoisotopic (exact) mass is 324 g/mol. The molecule has 0 fully saturated rings. The number of hydrogen-bond donors (Lipinski definition) is 1. The number of hydrogen-bond acceptors (Lipinski definition) is 2. The third-order valence-corrected chi connectivity index (χ3v) is 3.21. The van der Waals surface area contributed by atoms with Crippen LogP contribution < -0.4 is 5.32 Å². The Bertz CT molecular complexity index is 601. The fourth-order valence-corrected chi connectivity index (χ4v) is 2.25. The molecule has 0 spiro atoms. The van der Waals surface area contributed by atoms with Gasteiger partial charge in [-0.05, 0) is 52.7 Å². The van der Waals surface area contributed by atoms with Gasteiger partial charge in [0.05, 0.1) is 11.3 Å². The molecule has 0 radical (unpaired) electrons. The van der Waals surface area contributed by atoms with Crippen molar-refractivity contribution in [1.82, 2.24) is 4.98 Å². The van der Waals surface area contributed by atoms with E-state index in [9.17, 15) is 4.79 Å². The summed E-state index contributed by atoms with van der Waals surface area (Å²) in [6.45, 7) is 1.89. The Kier molecular flexibility index (Phi) is 3.99. The van der Waals surface area contributed by atoms with Crippen molar-refractivity contribution in [3.8, 4) is 0 Å². The van der Waals surface area contributed by atoms with E-state index in [1.807, 2.05) is 6.92 Å². The van der Waals surface area contributed by atoms with Gasteiger partial charge >= 0.3 is 0 Å². The van der Waals surface area contributed by atoms with Crippen LogP contribution in [0.2, 0.25) is 5.02 Å². The fourth-order valence-electron chi connectivity index (χ4n) is 1.46. The van der Waals surface area contributed by atoms with E-state index >= 15 is 0 Å². The van der Waals surface area contributed by atoms with Crippen LogP contribution in [0.5, 0.6) is 0 Å². The van der Waals surface area contributed by atoms with Crippen molar-refractivity contribution in [2.45, 2.75) is 6.92 Å². The number of rotatable bonds is 2. The second kappa shape index (κ2) is 5.50. The van der Waals surface area contributed by atoms with Gasteiger partial charge in [0.15, 0.2) is 0 Å². The molecule has 0 aliphatic heterocycles. The zero-order chi connectivity index (χ0) is 13.1. The van der Waals surface area contributed by atoms with Crippen LogP contribution in [0.3, 0.4) is 0 Å². The minimum atomic E-state index is -0.200. The Labute approximate surface area is 118 Å². The predicted molar refractivity (Wildman–Crippen MR) is 76.1 cm³/mol. The highest BCUT2D eigenvalue weighted by Crippen LogP contribution is 2.26. The van der Waals surface area contributed by atoms with Gasteiger partial charge < -0.3 is 5.32 Å². The number of carbonyl (C=O) groups excluding carboxylic acids is 1. The molecule has 1 aromatic heterocycles. The van der Waals surface area contributed by atoms with Gasteiger partial charge in [-0.3, -0.25) is 9.78 Å². The number of aryl methyl sites for hydroxylation is 1. The first kappa shape index (κ1) is 13.1. The number of carbonyl (C=O) groups is 1. The third kappa shape index (κ3) is 3.09. The molecule has 2 aromatic rings. The zero-order valence-corrected chi connectivity index (χ0v) is 11.9. The van der Waals surface area contributed by atoms with E-state index in [-0.39, 0.29) is 5.91 Å². The third-order valence-electron chi connectivity index (χ3n) is 2.32. The molecule has 1 aromatic carbocycles. The van der Waals surface area contributed by atoms with E-state index < -0.39 is 0 Å². The molecular weight excluding hydrogens is 316 g/mol. The summed E-state index contributed by atoms with van der Waals surface area (Å²) in [4.78, 5) is 16.0. The zero-order valence-electron chi connectivity index (χ0n) is 9.58. The molecule has 0 bridgehead atoms. The Morgan fingerprint density at radius 3 is 2.78 bits per heavy atom. The molecular formula is C13H10BrClN2O. The van der Waals surface area contributed by atoms with Crippen LogP contribution in [-0.4, -0.2) is 10.9 Å². The molecule has 1 heterocycles. The molecule has 18 heavy (non-hydrogen) atoms. The average Bonchev–Trinajstić information content (AvgIpc) is 2.32. The number of amides is 1. The SMILES string of the molecule is Cc1cncc(C(=O)Nc2ccc(Cl)cc2Br)c1. The van der Waals surface area contributed by atoms with E-state index in [0.29, 0.717) is 16.3 Å². The van der Waals surface area contributed by atoms with Gasteiger partial charge in [-0.25, -0.2) is 0 Å². The smallest absolute Gasteiger partial charge is 0.257 e.